The number of nitriles is 1. The average Bonchev–Trinajstić information content (AvgIpc) is 2.71. The molecule has 80 valence electrons. The van der Waals surface area contributed by atoms with Gasteiger partial charge in [0.25, 0.3) is 5.91 Å². The van der Waals surface area contributed by atoms with Crippen molar-refractivity contribution in [1.82, 2.24) is 9.99 Å². The Labute approximate surface area is 92.0 Å². The van der Waals surface area contributed by atoms with Crippen LogP contribution < -0.4 is 11.3 Å². The SMILES string of the molecule is N#Cc1ccc2c(ccn2CC(=O)NN)c1. The molecule has 5 nitrogen and oxygen atoms in total. The molecular weight excluding hydrogens is 204 g/mol. The molecule has 1 aromatic heterocycles. The predicted molar refractivity (Wildman–Crippen MR) is 59.0 cm³/mol. The van der Waals surface area contributed by atoms with Crippen LogP contribution in [0, 0.1) is 11.3 Å². The van der Waals surface area contributed by atoms with Crippen LogP contribution in [0.3, 0.4) is 0 Å². The number of nitrogens with two attached hydrogens (primary N) is 1. The van der Waals surface area contributed by atoms with Gasteiger partial charge in [0, 0.05) is 17.1 Å². The number of fused-ring (bicyclic) bond motifs is 1. The molecule has 16 heavy (non-hydrogen) atoms. The lowest BCUT2D eigenvalue weighted by molar-refractivity contribution is -0.121. The number of carbonyl (C=O) groups is 1. The normalized spacial score (nSPS) is 10.0. The molecule has 1 amide bonds. The molecule has 0 radical (unpaired) electrons. The highest BCUT2D eigenvalue weighted by atomic mass is 16.2. The first-order valence-corrected chi connectivity index (χ1v) is 4.73. The van der Waals surface area contributed by atoms with Crippen molar-refractivity contribution in [2.24, 2.45) is 5.84 Å². The average molecular weight is 214 g/mol. The fraction of sp³-hybridized carbons (Fsp3) is 0.0909. The summed E-state index contributed by atoms with van der Waals surface area (Å²) in [6.45, 7) is 0.173. The number of hydrazine groups is 1. The van der Waals surface area contributed by atoms with Crippen LogP contribution in [0.4, 0.5) is 0 Å². The minimum absolute atomic E-state index is 0.173. The van der Waals surface area contributed by atoms with E-state index in [0.717, 1.165) is 10.9 Å². The summed E-state index contributed by atoms with van der Waals surface area (Å²) >= 11 is 0. The molecule has 2 aromatic rings. The van der Waals surface area contributed by atoms with E-state index in [1.165, 1.54) is 0 Å². The van der Waals surface area contributed by atoms with Crippen LogP contribution in [-0.4, -0.2) is 10.5 Å². The van der Waals surface area contributed by atoms with Crippen molar-refractivity contribution in [2.45, 2.75) is 6.54 Å². The van der Waals surface area contributed by atoms with Gasteiger partial charge < -0.3 is 4.57 Å². The maximum Gasteiger partial charge on any atom is 0.253 e. The van der Waals surface area contributed by atoms with Crippen molar-refractivity contribution in [1.29, 1.82) is 5.26 Å². The molecule has 3 N–H and O–H groups in total. The molecule has 0 fully saturated rings. The number of hydrogen-bond donors (Lipinski definition) is 2. The largest absolute Gasteiger partial charge is 0.338 e. The van der Waals surface area contributed by atoms with Gasteiger partial charge in [-0.15, -0.1) is 0 Å². The Morgan fingerprint density at radius 1 is 1.50 bits per heavy atom. The first-order chi connectivity index (χ1) is 7.74. The molecule has 0 unspecified atom stereocenters. The van der Waals surface area contributed by atoms with Crippen LogP contribution in [0.5, 0.6) is 0 Å². The van der Waals surface area contributed by atoms with Crippen LogP contribution in [0.2, 0.25) is 0 Å². The second-order valence-corrected chi connectivity index (χ2v) is 3.40. The Kier molecular flexibility index (Phi) is 2.58. The van der Waals surface area contributed by atoms with Crippen molar-refractivity contribution in [3.8, 4) is 6.07 Å². The van der Waals surface area contributed by atoms with E-state index < -0.39 is 0 Å². The third-order valence-electron chi connectivity index (χ3n) is 2.38. The lowest BCUT2D eigenvalue weighted by Crippen LogP contribution is -2.33. The Morgan fingerprint density at radius 2 is 2.31 bits per heavy atom. The lowest BCUT2D eigenvalue weighted by atomic mass is 10.2. The molecule has 0 aliphatic heterocycles. The maximum absolute atomic E-state index is 11.1. The molecule has 0 aliphatic rings. The number of nitrogens with zero attached hydrogens (tertiary/aromatic N) is 2. The zero-order valence-corrected chi connectivity index (χ0v) is 8.47. The second-order valence-electron chi connectivity index (χ2n) is 3.40. The Morgan fingerprint density at radius 3 is 3.00 bits per heavy atom. The molecule has 0 spiro atoms. The molecule has 2 rings (SSSR count). The van der Waals surface area contributed by atoms with Crippen LogP contribution in [0.25, 0.3) is 10.9 Å². The minimum atomic E-state index is -0.262. The third-order valence-corrected chi connectivity index (χ3v) is 2.38. The second kappa shape index (κ2) is 4.04. The van der Waals surface area contributed by atoms with E-state index in [1.54, 1.807) is 22.9 Å². The highest BCUT2D eigenvalue weighted by Crippen LogP contribution is 2.17. The van der Waals surface area contributed by atoms with E-state index in [0.29, 0.717) is 5.56 Å². The van der Waals surface area contributed by atoms with Gasteiger partial charge in [0.1, 0.15) is 6.54 Å². The fourth-order valence-corrected chi connectivity index (χ4v) is 1.61. The summed E-state index contributed by atoms with van der Waals surface area (Å²) in [7, 11) is 0. The smallest absolute Gasteiger partial charge is 0.253 e. The van der Waals surface area contributed by atoms with E-state index in [4.69, 9.17) is 11.1 Å². The van der Waals surface area contributed by atoms with Crippen LogP contribution >= 0.6 is 0 Å². The molecule has 0 aliphatic carbocycles. The number of benzene rings is 1. The first-order valence-electron chi connectivity index (χ1n) is 4.73. The summed E-state index contributed by atoms with van der Waals surface area (Å²) in [5, 5.41) is 9.68. The quantitative estimate of drug-likeness (QED) is 0.434. The minimum Gasteiger partial charge on any atom is -0.338 e. The van der Waals surface area contributed by atoms with Crippen molar-refractivity contribution < 1.29 is 4.79 Å². The summed E-state index contributed by atoms with van der Waals surface area (Å²) < 4.78 is 1.78. The molecule has 5 heteroatoms. The highest BCUT2D eigenvalue weighted by Gasteiger charge is 2.05. The number of nitrogens with one attached hydrogen (secondary N) is 1. The number of amides is 1. The molecular formula is C11H10N4O. The molecule has 0 atom stereocenters. The van der Waals surface area contributed by atoms with E-state index in [-0.39, 0.29) is 12.5 Å². The summed E-state index contributed by atoms with van der Waals surface area (Å²) in [6, 6.07) is 9.26. The molecule has 0 saturated carbocycles. The van der Waals surface area contributed by atoms with Gasteiger partial charge in [-0.3, -0.25) is 10.2 Å². The monoisotopic (exact) mass is 214 g/mol. The van der Waals surface area contributed by atoms with Crippen molar-refractivity contribution in [3.63, 3.8) is 0 Å². The van der Waals surface area contributed by atoms with Gasteiger partial charge in [0.05, 0.1) is 11.6 Å². The van der Waals surface area contributed by atoms with E-state index in [2.05, 4.69) is 11.5 Å². The Balaban J connectivity index is 2.42. The number of aromatic nitrogens is 1. The van der Waals surface area contributed by atoms with E-state index in [1.807, 2.05) is 12.1 Å². The molecule has 1 heterocycles. The zero-order chi connectivity index (χ0) is 11.5. The van der Waals surface area contributed by atoms with Gasteiger partial charge in [-0.2, -0.15) is 5.26 Å². The Bertz CT molecular complexity index is 579. The van der Waals surface area contributed by atoms with E-state index >= 15 is 0 Å². The number of hydrogen-bond acceptors (Lipinski definition) is 3. The third kappa shape index (κ3) is 1.74. The van der Waals surface area contributed by atoms with Crippen LogP contribution in [0.15, 0.2) is 30.5 Å². The molecule has 0 saturated heterocycles. The lowest BCUT2D eigenvalue weighted by Gasteiger charge is -2.03. The summed E-state index contributed by atoms with van der Waals surface area (Å²) in [4.78, 5) is 11.1. The predicted octanol–water partition coefficient (Wildman–Crippen LogP) is 0.503. The van der Waals surface area contributed by atoms with Gasteiger partial charge >= 0.3 is 0 Å². The first kappa shape index (κ1) is 10.2. The number of rotatable bonds is 2. The van der Waals surface area contributed by atoms with Crippen molar-refractivity contribution in [2.75, 3.05) is 0 Å². The van der Waals surface area contributed by atoms with Crippen LogP contribution in [0.1, 0.15) is 5.56 Å². The van der Waals surface area contributed by atoms with Gasteiger partial charge in [-0.05, 0) is 24.3 Å². The van der Waals surface area contributed by atoms with Crippen molar-refractivity contribution in [3.05, 3.63) is 36.0 Å². The fourth-order valence-electron chi connectivity index (χ4n) is 1.61. The highest BCUT2D eigenvalue weighted by molar-refractivity contribution is 5.84. The van der Waals surface area contributed by atoms with Crippen LogP contribution in [-0.2, 0) is 11.3 Å². The van der Waals surface area contributed by atoms with Gasteiger partial charge in [-0.1, -0.05) is 0 Å². The maximum atomic E-state index is 11.1. The molecule has 1 aromatic carbocycles. The van der Waals surface area contributed by atoms with Gasteiger partial charge in [0.2, 0.25) is 0 Å². The molecule has 0 bridgehead atoms. The van der Waals surface area contributed by atoms with Gasteiger partial charge in [-0.25, -0.2) is 5.84 Å². The van der Waals surface area contributed by atoms with E-state index in [9.17, 15) is 4.79 Å². The topological polar surface area (TPSA) is 83.8 Å². The van der Waals surface area contributed by atoms with Crippen molar-refractivity contribution >= 4 is 16.8 Å². The Hall–Kier alpha value is -2.32. The summed E-state index contributed by atoms with van der Waals surface area (Å²) in [5.74, 6) is 4.76. The zero-order valence-electron chi connectivity index (χ0n) is 8.47. The summed E-state index contributed by atoms with van der Waals surface area (Å²) in [6.07, 6.45) is 1.79. The number of carbonyl (C=O) groups excluding carboxylic acids is 1. The summed E-state index contributed by atoms with van der Waals surface area (Å²) in [5.41, 5.74) is 3.59. The van der Waals surface area contributed by atoms with Gasteiger partial charge in [0.15, 0.2) is 0 Å². The standard InChI is InChI=1S/C11H10N4O/c12-6-8-1-2-10-9(5-8)3-4-15(10)7-11(16)14-13/h1-5H,7,13H2,(H,14,16).